The maximum atomic E-state index is 6.99. The molecule has 0 saturated carbocycles. The number of benzene rings is 1. The number of rotatable bonds is 6. The third-order valence-corrected chi connectivity index (χ3v) is 12.5. The van der Waals surface area contributed by atoms with E-state index in [1.807, 2.05) is 6.07 Å². The minimum atomic E-state index is -2.01. The second-order valence-corrected chi connectivity index (χ2v) is 16.3. The van der Waals surface area contributed by atoms with E-state index in [1.54, 1.807) is 0 Å². The molecule has 4 rings (SSSR count). The van der Waals surface area contributed by atoms with Crippen molar-refractivity contribution in [2.45, 2.75) is 95.7 Å². The van der Waals surface area contributed by atoms with E-state index in [1.165, 1.54) is 25.7 Å². The van der Waals surface area contributed by atoms with Gasteiger partial charge in [-0.1, -0.05) is 33.8 Å². The predicted molar refractivity (Wildman–Crippen MR) is 128 cm³/mol. The number of ether oxygens (including phenoxy) is 2. The lowest BCUT2D eigenvalue weighted by molar-refractivity contribution is 0.0700. The van der Waals surface area contributed by atoms with Gasteiger partial charge < -0.3 is 19.6 Å². The van der Waals surface area contributed by atoms with E-state index in [0.717, 1.165) is 29.5 Å². The number of fused-ring (bicyclic) bond motifs is 3. The third-order valence-electron chi connectivity index (χ3n) is 8.05. The molecular formula is C25H42N2O3Si. The van der Waals surface area contributed by atoms with Crippen molar-refractivity contribution in [1.82, 2.24) is 4.90 Å². The molecule has 0 aliphatic carbocycles. The molecule has 1 aromatic carbocycles. The van der Waals surface area contributed by atoms with E-state index in [4.69, 9.17) is 19.6 Å². The van der Waals surface area contributed by atoms with Gasteiger partial charge in [-0.2, -0.15) is 0 Å². The zero-order chi connectivity index (χ0) is 22.4. The zero-order valence-corrected chi connectivity index (χ0v) is 21.3. The van der Waals surface area contributed by atoms with E-state index in [9.17, 15) is 0 Å². The fourth-order valence-corrected chi connectivity index (χ4v) is 6.62. The Bertz CT molecular complexity index is 765. The van der Waals surface area contributed by atoms with Gasteiger partial charge in [0.15, 0.2) is 19.8 Å². The summed E-state index contributed by atoms with van der Waals surface area (Å²) < 4.78 is 18.6. The van der Waals surface area contributed by atoms with Gasteiger partial charge in [0.25, 0.3) is 0 Å². The first-order valence-corrected chi connectivity index (χ1v) is 15.0. The van der Waals surface area contributed by atoms with Crippen LogP contribution in [0.1, 0.15) is 65.0 Å². The van der Waals surface area contributed by atoms with Crippen LogP contribution in [0.15, 0.2) is 18.2 Å². The van der Waals surface area contributed by atoms with Gasteiger partial charge >= 0.3 is 0 Å². The standard InChI is InChI=1S/C25H42N2O3Si/c1-17-13-19-8-9-20(14-17)27(19)16-21(26)24(30-31(5,6)25(2,3)4)18-7-10-22-23(15-18)29-12-11-28-22/h7,10,15,17,19-21,24H,8-9,11-14,16,26H2,1-6H3/t17?,19?,20?,21-,24-/m1/s1. The first kappa shape index (κ1) is 23.1. The van der Waals surface area contributed by atoms with Gasteiger partial charge in [-0.25, -0.2) is 0 Å². The van der Waals surface area contributed by atoms with Crippen molar-refractivity contribution in [3.8, 4) is 11.5 Å². The molecule has 4 atom stereocenters. The molecule has 0 aromatic heterocycles. The fourth-order valence-electron chi connectivity index (χ4n) is 5.32. The Kier molecular flexibility index (Phi) is 6.47. The molecule has 2 fully saturated rings. The Labute approximate surface area is 189 Å². The topological polar surface area (TPSA) is 57.0 Å². The van der Waals surface area contributed by atoms with Gasteiger partial charge in [-0.15, -0.1) is 0 Å². The van der Waals surface area contributed by atoms with Crippen LogP contribution < -0.4 is 15.2 Å². The van der Waals surface area contributed by atoms with Crippen LogP contribution in [0.3, 0.4) is 0 Å². The number of hydrogen-bond donors (Lipinski definition) is 1. The van der Waals surface area contributed by atoms with E-state index < -0.39 is 8.32 Å². The van der Waals surface area contributed by atoms with Crippen LogP contribution in [0.5, 0.6) is 11.5 Å². The highest BCUT2D eigenvalue weighted by atomic mass is 28.4. The summed E-state index contributed by atoms with van der Waals surface area (Å²) in [5.41, 5.74) is 8.09. The SMILES string of the molecule is CC1CC2CCC(C1)N2C[C@@H](N)[C@H](O[Si](C)(C)C(C)(C)C)c1ccc2c(c1)OCCO2. The summed E-state index contributed by atoms with van der Waals surface area (Å²) in [6.07, 6.45) is 5.11. The minimum Gasteiger partial charge on any atom is -0.486 e. The lowest BCUT2D eigenvalue weighted by atomic mass is 9.91. The van der Waals surface area contributed by atoms with Crippen LogP contribution in [0.4, 0.5) is 0 Å². The van der Waals surface area contributed by atoms with E-state index in [2.05, 4.69) is 57.8 Å². The molecule has 1 aromatic rings. The molecular weight excluding hydrogens is 404 g/mol. The summed E-state index contributed by atoms with van der Waals surface area (Å²) in [5.74, 6) is 2.46. The van der Waals surface area contributed by atoms with Crippen LogP contribution in [-0.2, 0) is 4.43 Å². The molecule has 0 radical (unpaired) electrons. The molecule has 3 aliphatic heterocycles. The van der Waals surface area contributed by atoms with Crippen molar-refractivity contribution in [3.05, 3.63) is 23.8 Å². The molecule has 2 N–H and O–H groups in total. The Hall–Kier alpha value is -1.08. The summed E-state index contributed by atoms with van der Waals surface area (Å²) in [6, 6.07) is 7.54. The first-order valence-electron chi connectivity index (χ1n) is 12.1. The average molecular weight is 447 g/mol. The molecule has 3 aliphatic rings. The monoisotopic (exact) mass is 446 g/mol. The van der Waals surface area contributed by atoms with E-state index >= 15 is 0 Å². The Morgan fingerprint density at radius 1 is 1.10 bits per heavy atom. The second-order valence-electron chi connectivity index (χ2n) is 11.5. The van der Waals surface area contributed by atoms with Crippen LogP contribution in [0.25, 0.3) is 0 Å². The van der Waals surface area contributed by atoms with Gasteiger partial charge in [0.05, 0.1) is 6.10 Å². The Balaban J connectivity index is 1.59. The maximum Gasteiger partial charge on any atom is 0.192 e. The molecule has 5 nitrogen and oxygen atoms in total. The van der Waals surface area contributed by atoms with Crippen molar-refractivity contribution in [2.24, 2.45) is 11.7 Å². The molecule has 0 amide bonds. The Morgan fingerprint density at radius 2 is 1.71 bits per heavy atom. The molecule has 31 heavy (non-hydrogen) atoms. The minimum absolute atomic E-state index is 0.0757. The molecule has 6 heteroatoms. The van der Waals surface area contributed by atoms with E-state index in [0.29, 0.717) is 25.3 Å². The van der Waals surface area contributed by atoms with Crippen molar-refractivity contribution >= 4 is 8.32 Å². The van der Waals surface area contributed by atoms with Crippen molar-refractivity contribution < 1.29 is 13.9 Å². The van der Waals surface area contributed by atoms with Gasteiger partial charge in [-0.05, 0) is 67.4 Å². The summed E-state index contributed by atoms with van der Waals surface area (Å²) in [5, 5.41) is 0.123. The zero-order valence-electron chi connectivity index (χ0n) is 20.3. The van der Waals surface area contributed by atoms with Crippen molar-refractivity contribution in [2.75, 3.05) is 19.8 Å². The molecule has 0 spiro atoms. The number of nitrogens with two attached hydrogens (primary N) is 1. The van der Waals surface area contributed by atoms with Crippen LogP contribution in [0, 0.1) is 5.92 Å². The third kappa shape index (κ3) is 4.82. The first-order chi connectivity index (χ1) is 14.5. The van der Waals surface area contributed by atoms with Gasteiger partial charge in [0, 0.05) is 24.7 Å². The summed E-state index contributed by atoms with van der Waals surface area (Å²) in [6.45, 7) is 16.0. The molecule has 174 valence electrons. The van der Waals surface area contributed by atoms with Crippen molar-refractivity contribution in [3.63, 3.8) is 0 Å². The average Bonchev–Trinajstić information content (AvgIpc) is 2.93. The normalized spacial score (nSPS) is 28.4. The van der Waals surface area contributed by atoms with Crippen molar-refractivity contribution in [1.29, 1.82) is 0 Å². The maximum absolute atomic E-state index is 6.99. The molecule has 2 unspecified atom stereocenters. The highest BCUT2D eigenvalue weighted by Gasteiger charge is 2.44. The molecule has 2 bridgehead atoms. The largest absolute Gasteiger partial charge is 0.486 e. The van der Waals surface area contributed by atoms with E-state index in [-0.39, 0.29) is 17.2 Å². The lowest BCUT2D eigenvalue weighted by Crippen LogP contribution is -2.52. The van der Waals surface area contributed by atoms with Gasteiger partial charge in [0.2, 0.25) is 0 Å². The highest BCUT2D eigenvalue weighted by molar-refractivity contribution is 6.74. The predicted octanol–water partition coefficient (Wildman–Crippen LogP) is 5.11. The fraction of sp³-hybridized carbons (Fsp3) is 0.760. The summed E-state index contributed by atoms with van der Waals surface area (Å²) in [7, 11) is -2.01. The van der Waals surface area contributed by atoms with Crippen LogP contribution in [0.2, 0.25) is 18.1 Å². The lowest BCUT2D eigenvalue weighted by Gasteiger charge is -2.44. The van der Waals surface area contributed by atoms with Gasteiger partial charge in [0.1, 0.15) is 13.2 Å². The van der Waals surface area contributed by atoms with Crippen LogP contribution in [-0.4, -0.2) is 51.1 Å². The number of hydrogen-bond acceptors (Lipinski definition) is 5. The smallest absolute Gasteiger partial charge is 0.192 e. The molecule has 3 heterocycles. The second kappa shape index (κ2) is 8.69. The summed E-state index contributed by atoms with van der Waals surface area (Å²) >= 11 is 0. The Morgan fingerprint density at radius 3 is 2.32 bits per heavy atom. The van der Waals surface area contributed by atoms with Crippen LogP contribution >= 0.6 is 0 Å². The highest BCUT2D eigenvalue weighted by Crippen LogP contribution is 2.43. The number of piperidine rings is 1. The quantitative estimate of drug-likeness (QED) is 0.615. The summed E-state index contributed by atoms with van der Waals surface area (Å²) in [4.78, 5) is 2.70. The molecule has 2 saturated heterocycles. The number of nitrogens with zero attached hydrogens (tertiary/aromatic N) is 1. The van der Waals surface area contributed by atoms with Gasteiger partial charge in [-0.3, -0.25) is 4.90 Å².